The van der Waals surface area contributed by atoms with Crippen LogP contribution in [-0.4, -0.2) is 20.6 Å². The van der Waals surface area contributed by atoms with Crippen molar-refractivity contribution in [3.8, 4) is 5.69 Å². The van der Waals surface area contributed by atoms with Crippen molar-refractivity contribution in [1.82, 2.24) is 9.55 Å². The summed E-state index contributed by atoms with van der Waals surface area (Å²) in [7, 11) is 0. The molecule has 0 spiro atoms. The standard InChI is InChI=1S/C23H17FN2O3/c24-17-11-8-15(9-12-17)10-13-21-25-20-7-2-1-6-19(20)22(27)26(21)18-5-3-4-16(14-18)23(28)29/h1-9,11-12,14H,10,13H2,(H,28,29). The maximum atomic E-state index is 13.2. The molecule has 0 atom stereocenters. The van der Waals surface area contributed by atoms with Crippen LogP contribution in [0.3, 0.4) is 0 Å². The summed E-state index contributed by atoms with van der Waals surface area (Å²) in [5.74, 6) is -0.859. The second-order valence-corrected chi connectivity index (χ2v) is 6.67. The predicted molar refractivity (Wildman–Crippen MR) is 108 cm³/mol. The second kappa shape index (κ2) is 7.67. The Morgan fingerprint density at radius 3 is 2.48 bits per heavy atom. The fourth-order valence-electron chi connectivity index (χ4n) is 3.30. The Balaban J connectivity index is 1.84. The minimum Gasteiger partial charge on any atom is -0.478 e. The van der Waals surface area contributed by atoms with Gasteiger partial charge in [-0.15, -0.1) is 0 Å². The van der Waals surface area contributed by atoms with E-state index in [9.17, 15) is 19.1 Å². The van der Waals surface area contributed by atoms with Crippen molar-refractivity contribution in [3.63, 3.8) is 0 Å². The van der Waals surface area contributed by atoms with Gasteiger partial charge < -0.3 is 5.11 Å². The molecule has 1 aromatic heterocycles. The van der Waals surface area contributed by atoms with Crippen LogP contribution in [0.1, 0.15) is 21.7 Å². The molecule has 0 unspecified atom stereocenters. The van der Waals surface area contributed by atoms with Gasteiger partial charge in [0.15, 0.2) is 0 Å². The topological polar surface area (TPSA) is 72.2 Å². The molecule has 0 saturated heterocycles. The number of aryl methyl sites for hydroxylation is 2. The summed E-state index contributed by atoms with van der Waals surface area (Å²) in [5.41, 5.74) is 1.78. The van der Waals surface area contributed by atoms with Gasteiger partial charge in [-0.1, -0.05) is 30.3 Å². The van der Waals surface area contributed by atoms with Gasteiger partial charge in [0, 0.05) is 6.42 Å². The third-order valence-electron chi connectivity index (χ3n) is 4.75. The van der Waals surface area contributed by atoms with E-state index in [4.69, 9.17) is 0 Å². The number of fused-ring (bicyclic) bond motifs is 1. The summed E-state index contributed by atoms with van der Waals surface area (Å²) in [6, 6.07) is 19.5. The number of aromatic carboxylic acids is 1. The predicted octanol–water partition coefficient (Wildman–Crippen LogP) is 4.01. The van der Waals surface area contributed by atoms with Crippen molar-refractivity contribution >= 4 is 16.9 Å². The summed E-state index contributed by atoms with van der Waals surface area (Å²) < 4.78 is 14.6. The van der Waals surface area contributed by atoms with E-state index < -0.39 is 5.97 Å². The molecule has 4 rings (SSSR count). The Morgan fingerprint density at radius 1 is 0.966 bits per heavy atom. The molecule has 0 aliphatic heterocycles. The van der Waals surface area contributed by atoms with Crippen molar-refractivity contribution in [3.05, 3.63) is 106 Å². The van der Waals surface area contributed by atoms with Crippen LogP contribution in [0.2, 0.25) is 0 Å². The number of benzene rings is 3. The Bertz CT molecular complexity index is 1260. The summed E-state index contributed by atoms with van der Waals surface area (Å²) in [6.45, 7) is 0. The fourth-order valence-corrected chi connectivity index (χ4v) is 3.30. The van der Waals surface area contributed by atoms with Gasteiger partial charge in [0.25, 0.3) is 5.56 Å². The third kappa shape index (κ3) is 3.78. The first-order valence-corrected chi connectivity index (χ1v) is 9.12. The number of aromatic nitrogens is 2. The van der Waals surface area contributed by atoms with Crippen molar-refractivity contribution < 1.29 is 14.3 Å². The van der Waals surface area contributed by atoms with E-state index in [0.29, 0.717) is 35.3 Å². The van der Waals surface area contributed by atoms with Crippen LogP contribution in [0, 0.1) is 5.82 Å². The molecule has 1 heterocycles. The van der Waals surface area contributed by atoms with Crippen LogP contribution in [0.4, 0.5) is 4.39 Å². The van der Waals surface area contributed by atoms with E-state index in [2.05, 4.69) is 4.98 Å². The summed E-state index contributed by atoms with van der Waals surface area (Å²) >= 11 is 0. The van der Waals surface area contributed by atoms with Gasteiger partial charge in [-0.05, 0) is 54.4 Å². The molecule has 0 aliphatic rings. The number of rotatable bonds is 5. The average molecular weight is 388 g/mol. The Kier molecular flexibility index (Phi) is 4.91. The van der Waals surface area contributed by atoms with Gasteiger partial charge >= 0.3 is 5.97 Å². The molecule has 0 radical (unpaired) electrons. The SMILES string of the molecule is O=C(O)c1cccc(-n2c(CCc3ccc(F)cc3)nc3ccccc3c2=O)c1. The molecule has 0 fully saturated rings. The van der Waals surface area contributed by atoms with Crippen molar-refractivity contribution in [2.75, 3.05) is 0 Å². The smallest absolute Gasteiger partial charge is 0.335 e. The molecule has 0 amide bonds. The molecule has 4 aromatic rings. The van der Waals surface area contributed by atoms with E-state index in [1.54, 1.807) is 42.5 Å². The highest BCUT2D eigenvalue weighted by Crippen LogP contribution is 2.16. The van der Waals surface area contributed by atoms with Crippen LogP contribution >= 0.6 is 0 Å². The quantitative estimate of drug-likeness (QED) is 0.561. The zero-order chi connectivity index (χ0) is 20.4. The fraction of sp³-hybridized carbons (Fsp3) is 0.0870. The molecule has 29 heavy (non-hydrogen) atoms. The van der Waals surface area contributed by atoms with Crippen molar-refractivity contribution in [2.45, 2.75) is 12.8 Å². The Morgan fingerprint density at radius 2 is 1.72 bits per heavy atom. The molecule has 3 aromatic carbocycles. The van der Waals surface area contributed by atoms with Gasteiger partial charge in [-0.25, -0.2) is 14.2 Å². The molecule has 144 valence electrons. The minimum atomic E-state index is -1.07. The molecule has 1 N–H and O–H groups in total. The lowest BCUT2D eigenvalue weighted by atomic mass is 10.1. The normalized spacial score (nSPS) is 10.9. The number of hydrogen-bond donors (Lipinski definition) is 1. The largest absolute Gasteiger partial charge is 0.478 e. The number of halogens is 1. The number of hydrogen-bond acceptors (Lipinski definition) is 3. The molecule has 0 bridgehead atoms. The molecule has 0 aliphatic carbocycles. The van der Waals surface area contributed by atoms with E-state index in [1.807, 2.05) is 6.07 Å². The Hall–Kier alpha value is -3.80. The van der Waals surface area contributed by atoms with Crippen LogP contribution in [-0.2, 0) is 12.8 Å². The average Bonchev–Trinajstić information content (AvgIpc) is 2.73. The third-order valence-corrected chi connectivity index (χ3v) is 4.75. The zero-order valence-electron chi connectivity index (χ0n) is 15.4. The highest BCUT2D eigenvalue weighted by Gasteiger charge is 2.14. The van der Waals surface area contributed by atoms with Gasteiger partial charge in [0.1, 0.15) is 11.6 Å². The first kappa shape index (κ1) is 18.6. The molecule has 5 nitrogen and oxygen atoms in total. The van der Waals surface area contributed by atoms with Crippen molar-refractivity contribution in [2.24, 2.45) is 0 Å². The zero-order valence-corrected chi connectivity index (χ0v) is 15.4. The number of nitrogens with zero attached hydrogens (tertiary/aromatic N) is 2. The maximum Gasteiger partial charge on any atom is 0.335 e. The van der Waals surface area contributed by atoms with E-state index in [1.165, 1.54) is 28.8 Å². The molecular formula is C23H17FN2O3. The number of carboxylic acid groups (broad SMARTS) is 1. The highest BCUT2D eigenvalue weighted by atomic mass is 19.1. The minimum absolute atomic E-state index is 0.0899. The first-order chi connectivity index (χ1) is 14.0. The summed E-state index contributed by atoms with van der Waals surface area (Å²) in [5, 5.41) is 9.76. The summed E-state index contributed by atoms with van der Waals surface area (Å²) in [6.07, 6.45) is 0.993. The second-order valence-electron chi connectivity index (χ2n) is 6.67. The highest BCUT2D eigenvalue weighted by molar-refractivity contribution is 5.88. The monoisotopic (exact) mass is 388 g/mol. The van der Waals surface area contributed by atoms with Gasteiger partial charge in [0.2, 0.25) is 0 Å². The number of carbonyl (C=O) groups is 1. The van der Waals surface area contributed by atoms with E-state index >= 15 is 0 Å². The lowest BCUT2D eigenvalue weighted by molar-refractivity contribution is 0.0697. The van der Waals surface area contributed by atoms with Crippen molar-refractivity contribution in [1.29, 1.82) is 0 Å². The van der Waals surface area contributed by atoms with Crippen LogP contribution in [0.25, 0.3) is 16.6 Å². The molecular weight excluding hydrogens is 371 g/mol. The van der Waals surface area contributed by atoms with Gasteiger partial charge in [0.05, 0.1) is 22.2 Å². The van der Waals surface area contributed by atoms with Crippen LogP contribution < -0.4 is 5.56 Å². The number of carboxylic acids is 1. The summed E-state index contributed by atoms with van der Waals surface area (Å²) in [4.78, 5) is 29.2. The maximum absolute atomic E-state index is 13.2. The first-order valence-electron chi connectivity index (χ1n) is 9.12. The molecule has 6 heteroatoms. The lowest BCUT2D eigenvalue weighted by Gasteiger charge is -2.14. The van der Waals surface area contributed by atoms with Crippen LogP contribution in [0.5, 0.6) is 0 Å². The van der Waals surface area contributed by atoms with Crippen LogP contribution in [0.15, 0.2) is 77.6 Å². The van der Waals surface area contributed by atoms with Gasteiger partial charge in [-0.2, -0.15) is 0 Å². The van der Waals surface area contributed by atoms with E-state index in [0.717, 1.165) is 5.56 Å². The number of para-hydroxylation sites is 1. The molecule has 0 saturated carbocycles. The Labute approximate surface area is 165 Å². The van der Waals surface area contributed by atoms with Gasteiger partial charge in [-0.3, -0.25) is 9.36 Å². The van der Waals surface area contributed by atoms with E-state index in [-0.39, 0.29) is 16.9 Å². The lowest BCUT2D eigenvalue weighted by Crippen LogP contribution is -2.24.